The summed E-state index contributed by atoms with van der Waals surface area (Å²) in [4.78, 5) is 0. The summed E-state index contributed by atoms with van der Waals surface area (Å²) in [6.45, 7) is 0. The number of hydrogen-bond donors (Lipinski definition) is 1. The van der Waals surface area contributed by atoms with Crippen LogP contribution in [0.2, 0.25) is 10.0 Å². The molecule has 6 nitrogen and oxygen atoms in total. The number of para-hydroxylation sites is 1. The number of nitrogens with one attached hydrogen (secondary N) is 1. The Balaban J connectivity index is 2.18. The van der Waals surface area contributed by atoms with Gasteiger partial charge in [-0.2, -0.15) is 10.3 Å². The molecule has 19 heavy (non-hydrogen) atoms. The van der Waals surface area contributed by atoms with E-state index in [9.17, 15) is 0 Å². The molecule has 0 atom stereocenters. The first-order valence-electron chi connectivity index (χ1n) is 5.10. The molecule has 9 heteroatoms. The van der Waals surface area contributed by atoms with Gasteiger partial charge in [-0.15, -0.1) is 10.2 Å². The van der Waals surface area contributed by atoms with Gasteiger partial charge in [0.2, 0.25) is 5.82 Å². The third-order valence-electron chi connectivity index (χ3n) is 2.45. The van der Waals surface area contributed by atoms with Gasteiger partial charge in [-0.3, -0.25) is 0 Å². The van der Waals surface area contributed by atoms with Crippen molar-refractivity contribution < 1.29 is 0 Å². The highest BCUT2D eigenvalue weighted by Gasteiger charge is 2.17. The molecule has 0 spiro atoms. The van der Waals surface area contributed by atoms with Crippen molar-refractivity contribution in [1.29, 1.82) is 0 Å². The van der Waals surface area contributed by atoms with Crippen molar-refractivity contribution in [2.75, 3.05) is 0 Å². The third-order valence-corrected chi connectivity index (χ3v) is 4.09. The van der Waals surface area contributed by atoms with Gasteiger partial charge in [0.1, 0.15) is 9.39 Å². The minimum atomic E-state index is 0.471. The van der Waals surface area contributed by atoms with E-state index in [1.807, 2.05) is 0 Å². The molecule has 3 rings (SSSR count). The monoisotopic (exact) mass is 406 g/mol. The minimum Gasteiger partial charge on any atom is -0.224 e. The summed E-state index contributed by atoms with van der Waals surface area (Å²) in [6.07, 6.45) is 1.65. The topological polar surface area (TPSA) is 72.3 Å². The van der Waals surface area contributed by atoms with Gasteiger partial charge < -0.3 is 0 Å². The van der Waals surface area contributed by atoms with Gasteiger partial charge in [0.15, 0.2) is 0 Å². The standard InChI is InChI=1S/C10H5Cl2IN6/c11-6-2-1-3-7(12)8(6)19-9(13)5(4-14-19)10-15-17-18-16-10/h1-4H,(H,15,16,17,18). The van der Waals surface area contributed by atoms with Gasteiger partial charge in [0.05, 0.1) is 21.8 Å². The largest absolute Gasteiger partial charge is 0.224 e. The summed E-state index contributed by atoms with van der Waals surface area (Å²) < 4.78 is 2.45. The average molecular weight is 407 g/mol. The summed E-state index contributed by atoms with van der Waals surface area (Å²) in [7, 11) is 0. The first-order valence-corrected chi connectivity index (χ1v) is 6.93. The Bertz CT molecular complexity index is 703. The van der Waals surface area contributed by atoms with Crippen LogP contribution in [0.5, 0.6) is 0 Å². The Hall–Kier alpha value is -1.19. The Morgan fingerprint density at radius 3 is 2.58 bits per heavy atom. The van der Waals surface area contributed by atoms with E-state index in [1.54, 1.807) is 29.1 Å². The summed E-state index contributed by atoms with van der Waals surface area (Å²) in [5.74, 6) is 0.471. The predicted octanol–water partition coefficient (Wildman–Crippen LogP) is 2.96. The van der Waals surface area contributed by atoms with Crippen molar-refractivity contribution in [2.24, 2.45) is 0 Å². The number of benzene rings is 1. The zero-order chi connectivity index (χ0) is 13.4. The van der Waals surface area contributed by atoms with E-state index < -0.39 is 0 Å². The molecule has 0 saturated heterocycles. The van der Waals surface area contributed by atoms with E-state index >= 15 is 0 Å². The van der Waals surface area contributed by atoms with Crippen molar-refractivity contribution in [3.63, 3.8) is 0 Å². The van der Waals surface area contributed by atoms with Crippen molar-refractivity contribution in [2.45, 2.75) is 0 Å². The highest BCUT2D eigenvalue weighted by atomic mass is 127. The molecular formula is C10H5Cl2IN6. The smallest absolute Gasteiger partial charge is 0.208 e. The molecule has 0 fully saturated rings. The van der Waals surface area contributed by atoms with E-state index in [1.165, 1.54) is 0 Å². The van der Waals surface area contributed by atoms with Gasteiger partial charge in [-0.05, 0) is 39.9 Å². The van der Waals surface area contributed by atoms with Gasteiger partial charge in [-0.25, -0.2) is 4.68 Å². The molecule has 96 valence electrons. The lowest BCUT2D eigenvalue weighted by atomic mass is 10.3. The predicted molar refractivity (Wildman–Crippen MR) is 79.5 cm³/mol. The molecule has 0 aliphatic rings. The van der Waals surface area contributed by atoms with E-state index in [-0.39, 0.29) is 0 Å². The molecule has 0 unspecified atom stereocenters. The number of tetrazole rings is 1. The van der Waals surface area contributed by atoms with Crippen LogP contribution in [-0.4, -0.2) is 30.4 Å². The normalized spacial score (nSPS) is 10.9. The van der Waals surface area contributed by atoms with Crippen LogP contribution in [0.15, 0.2) is 24.4 Å². The van der Waals surface area contributed by atoms with E-state index in [4.69, 9.17) is 23.2 Å². The quantitative estimate of drug-likeness (QED) is 0.664. The fourth-order valence-corrected chi connectivity index (χ4v) is 2.91. The zero-order valence-corrected chi connectivity index (χ0v) is 12.8. The van der Waals surface area contributed by atoms with Gasteiger partial charge in [0.25, 0.3) is 0 Å². The van der Waals surface area contributed by atoms with Crippen LogP contribution in [0, 0.1) is 3.70 Å². The van der Waals surface area contributed by atoms with Crippen LogP contribution in [0.4, 0.5) is 0 Å². The highest BCUT2D eigenvalue weighted by Crippen LogP contribution is 2.31. The first-order chi connectivity index (χ1) is 9.18. The Kier molecular flexibility index (Phi) is 3.42. The van der Waals surface area contributed by atoms with E-state index in [0.29, 0.717) is 21.6 Å². The molecule has 3 aromatic rings. The lowest BCUT2D eigenvalue weighted by Crippen LogP contribution is -2.01. The molecule has 0 aliphatic heterocycles. The van der Waals surface area contributed by atoms with Crippen LogP contribution >= 0.6 is 45.8 Å². The van der Waals surface area contributed by atoms with Crippen LogP contribution < -0.4 is 0 Å². The average Bonchev–Trinajstić information content (AvgIpc) is 3.00. The highest BCUT2D eigenvalue weighted by molar-refractivity contribution is 14.1. The fourth-order valence-electron chi connectivity index (χ4n) is 1.61. The number of nitrogens with zero attached hydrogens (tertiary/aromatic N) is 5. The van der Waals surface area contributed by atoms with Crippen LogP contribution in [0.3, 0.4) is 0 Å². The lowest BCUT2D eigenvalue weighted by Gasteiger charge is -2.08. The van der Waals surface area contributed by atoms with E-state index in [2.05, 4.69) is 48.3 Å². The molecule has 1 N–H and O–H groups in total. The first kappa shape index (κ1) is 12.8. The summed E-state index contributed by atoms with van der Waals surface area (Å²) in [5, 5.41) is 19.1. The van der Waals surface area contributed by atoms with Crippen molar-refractivity contribution in [3.05, 3.63) is 38.1 Å². The third kappa shape index (κ3) is 2.21. The number of hydrogen-bond acceptors (Lipinski definition) is 4. The Morgan fingerprint density at radius 1 is 1.21 bits per heavy atom. The lowest BCUT2D eigenvalue weighted by molar-refractivity contribution is 0.859. The number of aromatic nitrogens is 6. The molecule has 0 amide bonds. The second-order valence-corrected chi connectivity index (χ2v) is 5.40. The zero-order valence-electron chi connectivity index (χ0n) is 9.18. The van der Waals surface area contributed by atoms with Crippen LogP contribution in [0.25, 0.3) is 17.1 Å². The Labute approximate surface area is 131 Å². The van der Waals surface area contributed by atoms with Gasteiger partial charge in [0, 0.05) is 0 Å². The fraction of sp³-hybridized carbons (Fsp3) is 0. The van der Waals surface area contributed by atoms with Crippen molar-refractivity contribution in [3.8, 4) is 17.1 Å². The molecule has 1 aromatic carbocycles. The minimum absolute atomic E-state index is 0.471. The van der Waals surface area contributed by atoms with E-state index in [0.717, 1.165) is 9.26 Å². The second kappa shape index (κ2) is 5.06. The van der Waals surface area contributed by atoms with Gasteiger partial charge >= 0.3 is 0 Å². The number of halogens is 3. The number of rotatable bonds is 2. The maximum absolute atomic E-state index is 6.17. The molecule has 0 aliphatic carbocycles. The molecule has 0 bridgehead atoms. The van der Waals surface area contributed by atoms with Crippen molar-refractivity contribution >= 4 is 45.8 Å². The van der Waals surface area contributed by atoms with Crippen LogP contribution in [-0.2, 0) is 0 Å². The maximum Gasteiger partial charge on any atom is 0.208 e. The van der Waals surface area contributed by atoms with Crippen LogP contribution in [0.1, 0.15) is 0 Å². The SMILES string of the molecule is Clc1cccc(Cl)c1-n1ncc(-c2nn[nH]n2)c1I. The molecular weight excluding hydrogens is 402 g/mol. The Morgan fingerprint density at radius 2 is 1.95 bits per heavy atom. The maximum atomic E-state index is 6.17. The summed E-state index contributed by atoms with van der Waals surface area (Å²) >= 11 is 14.5. The molecule has 2 heterocycles. The summed E-state index contributed by atoms with van der Waals surface area (Å²) in [5.41, 5.74) is 1.38. The number of H-pyrrole nitrogens is 1. The number of aromatic amines is 1. The summed E-state index contributed by atoms with van der Waals surface area (Å²) in [6, 6.07) is 5.30. The molecule has 0 saturated carbocycles. The van der Waals surface area contributed by atoms with Crippen molar-refractivity contribution in [1.82, 2.24) is 30.4 Å². The molecule has 0 radical (unpaired) electrons. The molecule has 2 aromatic heterocycles. The van der Waals surface area contributed by atoms with Gasteiger partial charge in [-0.1, -0.05) is 29.3 Å². The second-order valence-electron chi connectivity index (χ2n) is 3.57.